The molecule has 0 saturated heterocycles. The van der Waals surface area contributed by atoms with Gasteiger partial charge in [0.25, 0.3) is 5.56 Å². The van der Waals surface area contributed by atoms with E-state index in [2.05, 4.69) is 4.98 Å². The molecule has 2 atom stereocenters. The van der Waals surface area contributed by atoms with Crippen molar-refractivity contribution >= 4 is 0 Å². The van der Waals surface area contributed by atoms with Crippen molar-refractivity contribution in [1.82, 2.24) is 9.55 Å². The Morgan fingerprint density at radius 3 is 2.95 bits per heavy atom. The van der Waals surface area contributed by atoms with Crippen LogP contribution < -0.4 is 11.2 Å². The molecule has 0 aliphatic carbocycles. The van der Waals surface area contributed by atoms with Crippen LogP contribution in [0.5, 0.6) is 0 Å². The summed E-state index contributed by atoms with van der Waals surface area (Å²) in [6.45, 7) is 1.51. The van der Waals surface area contributed by atoms with E-state index in [9.17, 15) is 14.7 Å². The van der Waals surface area contributed by atoms with E-state index in [0.29, 0.717) is 5.56 Å². The fourth-order valence-electron chi connectivity index (χ4n) is 1.96. The number of aromatic amines is 1. The van der Waals surface area contributed by atoms with Crippen LogP contribution in [-0.2, 0) is 9.47 Å². The Hall–Kier alpha value is -1.70. The van der Waals surface area contributed by atoms with Gasteiger partial charge in [0.05, 0.1) is 13.2 Å². The van der Waals surface area contributed by atoms with Crippen LogP contribution in [-0.4, -0.2) is 40.6 Å². The molecule has 0 bridgehead atoms. The van der Waals surface area contributed by atoms with Crippen molar-refractivity contribution in [3.8, 4) is 0 Å². The summed E-state index contributed by atoms with van der Waals surface area (Å²) in [5, 5.41) is 9.38. The summed E-state index contributed by atoms with van der Waals surface area (Å²) in [5.74, 6) is 0. The van der Waals surface area contributed by atoms with Gasteiger partial charge in [-0.2, -0.15) is 0 Å². The first-order chi connectivity index (χ1) is 9.01. The van der Waals surface area contributed by atoms with Crippen LogP contribution in [0.2, 0.25) is 0 Å². The number of aryl methyl sites for hydroxylation is 1. The zero-order valence-corrected chi connectivity index (χ0v) is 10.8. The van der Waals surface area contributed by atoms with E-state index in [4.69, 9.17) is 9.47 Å². The van der Waals surface area contributed by atoms with Crippen LogP contribution >= 0.6 is 0 Å². The van der Waals surface area contributed by atoms with Gasteiger partial charge in [0.2, 0.25) is 0 Å². The van der Waals surface area contributed by atoms with Crippen LogP contribution in [0.15, 0.2) is 27.9 Å². The van der Waals surface area contributed by atoms with Crippen molar-refractivity contribution in [2.45, 2.75) is 18.8 Å². The number of aliphatic hydroxyl groups is 1. The van der Waals surface area contributed by atoms with Gasteiger partial charge in [0.15, 0.2) is 6.23 Å². The average Bonchev–Trinajstić information content (AvgIpc) is 2.79. The zero-order chi connectivity index (χ0) is 14.0. The lowest BCUT2D eigenvalue weighted by Gasteiger charge is -2.26. The van der Waals surface area contributed by atoms with Gasteiger partial charge in [-0.25, -0.2) is 4.79 Å². The number of ether oxygens (including phenoxy) is 2. The number of rotatable bonds is 4. The minimum atomic E-state index is -0.955. The standard InChI is InChI=1S/C12H16N2O5/c1-8-5-14(11(17)13-10(8)16)9-3-4-12(6-15,19-9)7-18-2/h3-5,9,15H,6-7H2,1-2H3,(H,13,16,17)/t9-,12+/m1/s1. The van der Waals surface area contributed by atoms with E-state index < -0.39 is 23.1 Å². The van der Waals surface area contributed by atoms with Gasteiger partial charge in [0.1, 0.15) is 5.60 Å². The van der Waals surface area contributed by atoms with Crippen molar-refractivity contribution in [3.63, 3.8) is 0 Å². The lowest BCUT2D eigenvalue weighted by atomic mass is 10.1. The lowest BCUT2D eigenvalue weighted by Crippen LogP contribution is -2.40. The van der Waals surface area contributed by atoms with E-state index in [0.717, 1.165) is 0 Å². The third-order valence-corrected chi connectivity index (χ3v) is 3.00. The number of H-pyrrole nitrogens is 1. The number of hydrogen-bond donors (Lipinski definition) is 2. The summed E-state index contributed by atoms with van der Waals surface area (Å²) in [4.78, 5) is 25.2. The zero-order valence-electron chi connectivity index (χ0n) is 10.8. The molecule has 104 valence electrons. The quantitative estimate of drug-likeness (QED) is 0.705. The monoisotopic (exact) mass is 268 g/mol. The van der Waals surface area contributed by atoms with Crippen LogP contribution in [0, 0.1) is 6.92 Å². The largest absolute Gasteiger partial charge is 0.393 e. The molecule has 0 aromatic carbocycles. The number of nitrogens with zero attached hydrogens (tertiary/aromatic N) is 1. The van der Waals surface area contributed by atoms with Crippen molar-refractivity contribution in [1.29, 1.82) is 0 Å². The normalized spacial score (nSPS) is 25.9. The van der Waals surface area contributed by atoms with Gasteiger partial charge in [-0.05, 0) is 19.1 Å². The predicted octanol–water partition coefficient (Wildman–Crippen LogP) is -0.692. The highest BCUT2D eigenvalue weighted by molar-refractivity contribution is 5.12. The Morgan fingerprint density at radius 1 is 1.58 bits per heavy atom. The van der Waals surface area contributed by atoms with E-state index in [1.807, 2.05) is 0 Å². The van der Waals surface area contributed by atoms with Gasteiger partial charge < -0.3 is 14.6 Å². The van der Waals surface area contributed by atoms with Crippen molar-refractivity contribution < 1.29 is 14.6 Å². The molecule has 7 nitrogen and oxygen atoms in total. The number of nitrogens with one attached hydrogen (secondary N) is 1. The molecule has 0 fully saturated rings. The minimum absolute atomic E-state index is 0.174. The Labute approximate surface area is 109 Å². The molecule has 0 saturated carbocycles. The SMILES string of the molecule is COC[C@@]1(CO)C=C[C@H](n2cc(C)c(=O)[nH]c2=O)O1. The maximum atomic E-state index is 11.7. The summed E-state index contributed by atoms with van der Waals surface area (Å²) in [7, 11) is 1.50. The van der Waals surface area contributed by atoms with Crippen LogP contribution in [0.25, 0.3) is 0 Å². The molecule has 1 aromatic heterocycles. The number of aromatic nitrogens is 2. The molecular weight excluding hydrogens is 252 g/mol. The fourth-order valence-corrected chi connectivity index (χ4v) is 1.96. The second-order valence-electron chi connectivity index (χ2n) is 4.50. The third kappa shape index (κ3) is 2.53. The average molecular weight is 268 g/mol. The van der Waals surface area contributed by atoms with Gasteiger partial charge >= 0.3 is 5.69 Å². The first kappa shape index (κ1) is 13.7. The first-order valence-electron chi connectivity index (χ1n) is 5.80. The molecule has 1 aliphatic rings. The summed E-state index contributed by atoms with van der Waals surface area (Å²) >= 11 is 0. The molecule has 19 heavy (non-hydrogen) atoms. The molecule has 2 N–H and O–H groups in total. The molecule has 7 heteroatoms. The highest BCUT2D eigenvalue weighted by atomic mass is 16.6. The second kappa shape index (κ2) is 5.12. The van der Waals surface area contributed by atoms with E-state index in [1.54, 1.807) is 19.1 Å². The highest BCUT2D eigenvalue weighted by Gasteiger charge is 2.36. The van der Waals surface area contributed by atoms with Gasteiger partial charge in [-0.1, -0.05) is 0 Å². The lowest BCUT2D eigenvalue weighted by molar-refractivity contribution is -0.114. The maximum Gasteiger partial charge on any atom is 0.330 e. The summed E-state index contributed by atoms with van der Waals surface area (Å²) in [6.07, 6.45) is 4.06. The summed E-state index contributed by atoms with van der Waals surface area (Å²) < 4.78 is 11.9. The number of aliphatic hydroxyl groups excluding tert-OH is 1. The Balaban J connectivity index is 2.32. The Morgan fingerprint density at radius 2 is 2.32 bits per heavy atom. The Kier molecular flexibility index (Phi) is 3.70. The minimum Gasteiger partial charge on any atom is -0.393 e. The topological polar surface area (TPSA) is 93.5 Å². The molecule has 2 heterocycles. The van der Waals surface area contributed by atoms with Crippen LogP contribution in [0.3, 0.4) is 0 Å². The van der Waals surface area contributed by atoms with Gasteiger partial charge in [0, 0.05) is 18.9 Å². The molecule has 0 amide bonds. The number of hydrogen-bond acceptors (Lipinski definition) is 5. The molecule has 0 unspecified atom stereocenters. The van der Waals surface area contributed by atoms with E-state index in [-0.39, 0.29) is 13.2 Å². The molecule has 1 aromatic rings. The van der Waals surface area contributed by atoms with Gasteiger partial charge in [-0.15, -0.1) is 0 Å². The van der Waals surface area contributed by atoms with Gasteiger partial charge in [-0.3, -0.25) is 14.3 Å². The molecule has 2 rings (SSSR count). The number of methoxy groups -OCH3 is 1. The third-order valence-electron chi connectivity index (χ3n) is 3.00. The maximum absolute atomic E-state index is 11.7. The van der Waals surface area contributed by atoms with E-state index >= 15 is 0 Å². The van der Waals surface area contributed by atoms with Crippen molar-refractivity contribution in [2.75, 3.05) is 20.3 Å². The van der Waals surface area contributed by atoms with Crippen molar-refractivity contribution in [2.24, 2.45) is 0 Å². The molecule has 1 aliphatic heterocycles. The summed E-state index contributed by atoms with van der Waals surface area (Å²) in [6, 6.07) is 0. The first-order valence-corrected chi connectivity index (χ1v) is 5.80. The fraction of sp³-hybridized carbons (Fsp3) is 0.500. The van der Waals surface area contributed by atoms with Crippen LogP contribution in [0.1, 0.15) is 11.8 Å². The summed E-state index contributed by atoms with van der Waals surface area (Å²) in [5.41, 5.74) is -1.53. The molecule has 0 spiro atoms. The van der Waals surface area contributed by atoms with E-state index in [1.165, 1.54) is 17.9 Å². The smallest absolute Gasteiger partial charge is 0.330 e. The highest BCUT2D eigenvalue weighted by Crippen LogP contribution is 2.28. The molecular formula is C12H16N2O5. The Bertz CT molecular complexity index is 603. The second-order valence-corrected chi connectivity index (χ2v) is 4.50. The predicted molar refractivity (Wildman–Crippen MR) is 67.0 cm³/mol. The van der Waals surface area contributed by atoms with Crippen molar-refractivity contribution in [3.05, 3.63) is 44.8 Å². The molecule has 0 radical (unpaired) electrons. The van der Waals surface area contributed by atoms with Crippen LogP contribution in [0.4, 0.5) is 0 Å².